The van der Waals surface area contributed by atoms with E-state index in [0.29, 0.717) is 6.54 Å². The number of aryl methyl sites for hydroxylation is 2. The van der Waals surface area contributed by atoms with E-state index in [1.807, 2.05) is 66.8 Å². The molecule has 1 N–H and O–H groups in total. The average Bonchev–Trinajstić information content (AvgIpc) is 3.39. The van der Waals surface area contributed by atoms with Crippen LogP contribution in [0.5, 0.6) is 0 Å². The van der Waals surface area contributed by atoms with Gasteiger partial charge in [-0.15, -0.1) is 0 Å². The van der Waals surface area contributed by atoms with Crippen molar-refractivity contribution in [3.05, 3.63) is 101 Å². The van der Waals surface area contributed by atoms with Gasteiger partial charge in [-0.2, -0.15) is 10.2 Å². The number of benzene rings is 2. The highest BCUT2D eigenvalue weighted by atomic mass is 16.1. The van der Waals surface area contributed by atoms with Gasteiger partial charge in [0, 0.05) is 43.3 Å². The number of aromatic nitrogens is 4. The van der Waals surface area contributed by atoms with Crippen LogP contribution in [0.25, 0.3) is 17.2 Å². The maximum absolute atomic E-state index is 12.4. The normalized spacial score (nSPS) is 11.2. The first-order valence-electron chi connectivity index (χ1n) is 10.6. The number of nitrogens with zero attached hydrogens (tertiary/aromatic N) is 4. The number of rotatable bonds is 7. The number of amides is 1. The van der Waals surface area contributed by atoms with Crippen molar-refractivity contribution < 1.29 is 4.79 Å². The number of carbonyl (C=O) groups is 1. The highest BCUT2D eigenvalue weighted by molar-refractivity contribution is 5.92. The molecule has 4 rings (SSSR count). The van der Waals surface area contributed by atoms with Crippen molar-refractivity contribution in [1.82, 2.24) is 24.9 Å². The van der Waals surface area contributed by atoms with Gasteiger partial charge in [0.2, 0.25) is 5.91 Å². The van der Waals surface area contributed by atoms with Crippen molar-refractivity contribution in [3.8, 4) is 11.1 Å². The minimum atomic E-state index is -0.128. The summed E-state index contributed by atoms with van der Waals surface area (Å²) in [6.45, 7) is 5.14. The molecule has 0 bridgehead atoms. The van der Waals surface area contributed by atoms with Crippen LogP contribution in [-0.4, -0.2) is 25.5 Å². The molecule has 162 valence electrons. The van der Waals surface area contributed by atoms with Crippen molar-refractivity contribution >= 4 is 12.0 Å². The fourth-order valence-corrected chi connectivity index (χ4v) is 3.76. The van der Waals surface area contributed by atoms with E-state index in [4.69, 9.17) is 0 Å². The van der Waals surface area contributed by atoms with E-state index in [2.05, 4.69) is 45.8 Å². The lowest BCUT2D eigenvalue weighted by Gasteiger charge is -2.11. The van der Waals surface area contributed by atoms with Crippen LogP contribution in [0.15, 0.2) is 73.1 Å². The number of hydrogen-bond acceptors (Lipinski definition) is 3. The van der Waals surface area contributed by atoms with Gasteiger partial charge in [-0.1, -0.05) is 48.5 Å². The molecule has 0 atom stereocenters. The van der Waals surface area contributed by atoms with Crippen LogP contribution in [-0.2, 0) is 24.9 Å². The second-order valence-electron chi connectivity index (χ2n) is 7.82. The molecule has 6 heteroatoms. The van der Waals surface area contributed by atoms with Gasteiger partial charge in [-0.3, -0.25) is 14.2 Å². The highest BCUT2D eigenvalue weighted by Gasteiger charge is 2.08. The van der Waals surface area contributed by atoms with Crippen LogP contribution in [0, 0.1) is 13.8 Å². The molecule has 0 aliphatic rings. The molecule has 2 heterocycles. The van der Waals surface area contributed by atoms with E-state index in [0.717, 1.165) is 40.2 Å². The largest absolute Gasteiger partial charge is 0.348 e. The van der Waals surface area contributed by atoms with Crippen LogP contribution >= 0.6 is 0 Å². The van der Waals surface area contributed by atoms with Gasteiger partial charge < -0.3 is 5.32 Å². The SMILES string of the molecule is Cc1nn(C)c(C)c1/C=C/C(=O)NCc1ccccc1-c1ccc(Cn2cccn2)cc1. The summed E-state index contributed by atoms with van der Waals surface area (Å²) in [5.41, 5.74) is 7.43. The summed E-state index contributed by atoms with van der Waals surface area (Å²) >= 11 is 0. The smallest absolute Gasteiger partial charge is 0.244 e. The molecule has 0 unspecified atom stereocenters. The zero-order chi connectivity index (χ0) is 22.5. The molecule has 0 radical (unpaired) electrons. The summed E-state index contributed by atoms with van der Waals surface area (Å²) in [7, 11) is 1.90. The van der Waals surface area contributed by atoms with Crippen molar-refractivity contribution in [2.24, 2.45) is 7.05 Å². The summed E-state index contributed by atoms with van der Waals surface area (Å²) < 4.78 is 3.73. The Kier molecular flexibility index (Phi) is 6.31. The predicted octanol–water partition coefficient (Wildman–Crippen LogP) is 4.28. The molecule has 2 aromatic carbocycles. The highest BCUT2D eigenvalue weighted by Crippen LogP contribution is 2.24. The molecule has 0 aliphatic heterocycles. The first kappa shape index (κ1) is 21.3. The Bertz CT molecular complexity index is 1230. The van der Waals surface area contributed by atoms with Crippen molar-refractivity contribution in [2.45, 2.75) is 26.9 Å². The second kappa shape index (κ2) is 9.47. The summed E-state index contributed by atoms with van der Waals surface area (Å²) in [4.78, 5) is 12.4. The van der Waals surface area contributed by atoms with Gasteiger partial charge in [0.15, 0.2) is 0 Å². The number of hydrogen-bond donors (Lipinski definition) is 1. The van der Waals surface area contributed by atoms with Crippen LogP contribution < -0.4 is 5.32 Å². The minimum absolute atomic E-state index is 0.128. The molecule has 32 heavy (non-hydrogen) atoms. The monoisotopic (exact) mass is 425 g/mol. The Morgan fingerprint density at radius 1 is 1.06 bits per heavy atom. The Balaban J connectivity index is 1.43. The third kappa shape index (κ3) is 4.86. The second-order valence-corrected chi connectivity index (χ2v) is 7.82. The van der Waals surface area contributed by atoms with E-state index in [1.54, 1.807) is 12.3 Å². The van der Waals surface area contributed by atoms with Crippen LogP contribution in [0.4, 0.5) is 0 Å². The van der Waals surface area contributed by atoms with Crippen molar-refractivity contribution in [1.29, 1.82) is 0 Å². The lowest BCUT2D eigenvalue weighted by Crippen LogP contribution is -2.20. The standard InChI is InChI=1S/C26H27N5O/c1-19-24(20(2)30(3)29-19)13-14-26(32)27-17-23-7-4-5-8-25(23)22-11-9-21(10-12-22)18-31-16-6-15-28-31/h4-16H,17-18H2,1-3H3,(H,27,32)/b14-13+. The van der Waals surface area contributed by atoms with Gasteiger partial charge in [-0.25, -0.2) is 0 Å². The van der Waals surface area contributed by atoms with Gasteiger partial charge in [-0.05, 0) is 48.2 Å². The van der Waals surface area contributed by atoms with Gasteiger partial charge >= 0.3 is 0 Å². The quantitative estimate of drug-likeness (QED) is 0.450. The zero-order valence-corrected chi connectivity index (χ0v) is 18.6. The van der Waals surface area contributed by atoms with Gasteiger partial charge in [0.25, 0.3) is 0 Å². The van der Waals surface area contributed by atoms with Crippen LogP contribution in [0.2, 0.25) is 0 Å². The molecule has 0 fully saturated rings. The Hall–Kier alpha value is -3.93. The van der Waals surface area contributed by atoms with Gasteiger partial charge in [0.05, 0.1) is 12.2 Å². The number of carbonyl (C=O) groups excluding carboxylic acids is 1. The molecule has 6 nitrogen and oxygen atoms in total. The van der Waals surface area contributed by atoms with E-state index < -0.39 is 0 Å². The molecular weight excluding hydrogens is 398 g/mol. The summed E-state index contributed by atoms with van der Waals surface area (Å²) in [6, 6.07) is 18.5. The van der Waals surface area contributed by atoms with Crippen LogP contribution in [0.3, 0.4) is 0 Å². The molecular formula is C26H27N5O. The third-order valence-electron chi connectivity index (χ3n) is 5.61. The van der Waals surface area contributed by atoms with Crippen molar-refractivity contribution in [3.63, 3.8) is 0 Å². The predicted molar refractivity (Wildman–Crippen MR) is 127 cm³/mol. The van der Waals surface area contributed by atoms with Crippen LogP contribution in [0.1, 0.15) is 28.1 Å². The zero-order valence-electron chi connectivity index (χ0n) is 18.6. The maximum Gasteiger partial charge on any atom is 0.244 e. The Morgan fingerprint density at radius 3 is 2.53 bits per heavy atom. The molecule has 0 saturated carbocycles. The molecule has 1 amide bonds. The van der Waals surface area contributed by atoms with E-state index in [1.165, 1.54) is 5.56 Å². The summed E-state index contributed by atoms with van der Waals surface area (Å²) in [5.74, 6) is -0.128. The summed E-state index contributed by atoms with van der Waals surface area (Å²) in [6.07, 6.45) is 7.14. The third-order valence-corrected chi connectivity index (χ3v) is 5.61. The molecule has 0 aliphatic carbocycles. The first-order valence-corrected chi connectivity index (χ1v) is 10.6. The fourth-order valence-electron chi connectivity index (χ4n) is 3.76. The molecule has 0 saturated heterocycles. The average molecular weight is 426 g/mol. The Labute approximate surface area is 188 Å². The molecule has 2 aromatic heterocycles. The fraction of sp³-hybridized carbons (Fsp3) is 0.192. The maximum atomic E-state index is 12.4. The van der Waals surface area contributed by atoms with E-state index in [9.17, 15) is 4.79 Å². The molecule has 4 aromatic rings. The molecule has 0 spiro atoms. The first-order chi connectivity index (χ1) is 15.5. The summed E-state index contributed by atoms with van der Waals surface area (Å²) in [5, 5.41) is 11.6. The Morgan fingerprint density at radius 2 is 1.84 bits per heavy atom. The van der Waals surface area contributed by atoms with E-state index in [-0.39, 0.29) is 5.91 Å². The van der Waals surface area contributed by atoms with E-state index >= 15 is 0 Å². The minimum Gasteiger partial charge on any atom is -0.348 e. The number of nitrogens with one attached hydrogen (secondary N) is 1. The van der Waals surface area contributed by atoms with Gasteiger partial charge in [0.1, 0.15) is 0 Å². The van der Waals surface area contributed by atoms with Crippen molar-refractivity contribution in [2.75, 3.05) is 0 Å². The topological polar surface area (TPSA) is 64.7 Å². The lowest BCUT2D eigenvalue weighted by molar-refractivity contribution is -0.116. The lowest BCUT2D eigenvalue weighted by atomic mass is 9.98.